The molecule has 0 bridgehead atoms. The van der Waals surface area contributed by atoms with Crippen molar-refractivity contribution in [2.24, 2.45) is 0 Å². The van der Waals surface area contributed by atoms with E-state index in [9.17, 15) is 13.0 Å². The van der Waals surface area contributed by atoms with E-state index in [0.29, 0.717) is 0 Å². The molecule has 0 atom stereocenters. The maximum atomic E-state index is 11.4. The minimum atomic E-state index is -4.14. The van der Waals surface area contributed by atoms with Gasteiger partial charge in [-0.05, 0) is 16.3 Å². The third-order valence-corrected chi connectivity index (χ3v) is 10.3. The average Bonchev–Trinajstić information content (AvgIpc) is 2.14. The summed E-state index contributed by atoms with van der Waals surface area (Å²) in [5.74, 6) is 0. The predicted octanol–water partition coefficient (Wildman–Crippen LogP) is 2.65. The fourth-order valence-electron chi connectivity index (χ4n) is 1.61. The summed E-state index contributed by atoms with van der Waals surface area (Å²) in [5.41, 5.74) is 0. The third kappa shape index (κ3) is 2.78. The molecule has 1 rings (SSSR count). The van der Waals surface area contributed by atoms with Crippen LogP contribution in [-0.4, -0.2) is 21.0 Å². The van der Waals surface area contributed by atoms with Crippen LogP contribution < -0.4 is 5.19 Å². The van der Waals surface area contributed by atoms with E-state index < -0.39 is 18.2 Å². The first-order chi connectivity index (χ1) is 7.48. The second kappa shape index (κ2) is 4.22. The first-order valence-electron chi connectivity index (χ1n) is 5.55. The molecule has 5 heteroatoms. The van der Waals surface area contributed by atoms with Crippen LogP contribution in [0.15, 0.2) is 29.2 Å². The van der Waals surface area contributed by atoms with Gasteiger partial charge in [0.15, 0.2) is 0 Å². The Hall–Kier alpha value is -0.653. The van der Waals surface area contributed by atoms with Gasteiger partial charge in [-0.25, -0.2) is 0 Å². The van der Waals surface area contributed by atoms with Crippen LogP contribution in [0, 0.1) is 0 Å². The van der Waals surface area contributed by atoms with Crippen molar-refractivity contribution in [3.05, 3.63) is 24.3 Å². The summed E-state index contributed by atoms with van der Waals surface area (Å²) < 4.78 is 32.1. The Morgan fingerprint density at radius 1 is 1.12 bits per heavy atom. The molecule has 0 aliphatic heterocycles. The first-order valence-corrected chi connectivity index (χ1v) is 9.99. The minimum absolute atomic E-state index is 0.0216. The van der Waals surface area contributed by atoms with E-state index in [1.807, 2.05) is 12.1 Å². The van der Waals surface area contributed by atoms with Gasteiger partial charge in [-0.3, -0.25) is 4.55 Å². The van der Waals surface area contributed by atoms with E-state index in [4.69, 9.17) is 0 Å². The highest BCUT2D eigenvalue weighted by molar-refractivity contribution is 7.86. The van der Waals surface area contributed by atoms with Crippen LogP contribution >= 0.6 is 0 Å². The molecule has 0 spiro atoms. The van der Waals surface area contributed by atoms with Gasteiger partial charge in [-0.15, -0.1) is 0 Å². The van der Waals surface area contributed by atoms with Crippen molar-refractivity contribution < 1.29 is 13.0 Å². The van der Waals surface area contributed by atoms with Gasteiger partial charge in [0.05, 0.1) is 13.0 Å². The summed E-state index contributed by atoms with van der Waals surface area (Å²) in [5, 5.41) is 0.809. The molecule has 0 saturated carbocycles. The zero-order chi connectivity index (χ0) is 13.5. The Balaban J connectivity index is 3.54. The molecule has 0 aromatic heterocycles. The molecule has 0 radical (unpaired) electrons. The Labute approximate surface area is 105 Å². The molecule has 0 unspecified atom stereocenters. The van der Waals surface area contributed by atoms with Gasteiger partial charge in [-0.2, -0.15) is 8.42 Å². The highest BCUT2D eigenvalue weighted by Gasteiger charge is 2.39. The molecule has 3 nitrogen and oxygen atoms in total. The fourth-order valence-corrected chi connectivity index (χ4v) is 5.38. The topological polar surface area (TPSA) is 54.4 Å². The molecule has 0 aliphatic carbocycles. The molecule has 1 aromatic carbocycles. The molecule has 17 heavy (non-hydrogen) atoms. The number of hydrogen-bond donors (Lipinski definition) is 1. The summed E-state index contributed by atoms with van der Waals surface area (Å²) in [6.45, 7) is 10.6. The average molecular weight is 272 g/mol. The maximum Gasteiger partial charge on any atom is 0.294 e. The van der Waals surface area contributed by atoms with Crippen LogP contribution in [0.5, 0.6) is 0 Å². The minimum Gasteiger partial charge on any atom is -0.282 e. The van der Waals surface area contributed by atoms with Crippen molar-refractivity contribution in [1.82, 2.24) is 0 Å². The van der Waals surface area contributed by atoms with Gasteiger partial charge in [-0.1, -0.05) is 52.1 Å². The standard InChI is InChI=1S/C12H20O3SSi/c1-12(2,3)17(4,5)11-9-7-6-8-10(11)16(13,14)15/h6-9H,1-5H3,(H,13,14,15). The van der Waals surface area contributed by atoms with E-state index in [-0.39, 0.29) is 9.93 Å². The fraction of sp³-hybridized carbons (Fsp3) is 0.500. The van der Waals surface area contributed by atoms with E-state index >= 15 is 0 Å². The van der Waals surface area contributed by atoms with E-state index in [0.717, 1.165) is 5.19 Å². The van der Waals surface area contributed by atoms with Crippen molar-refractivity contribution >= 4 is 23.4 Å². The van der Waals surface area contributed by atoms with Crippen LogP contribution in [0.25, 0.3) is 0 Å². The van der Waals surface area contributed by atoms with Gasteiger partial charge in [0, 0.05) is 0 Å². The van der Waals surface area contributed by atoms with Crippen molar-refractivity contribution in [2.75, 3.05) is 0 Å². The molecule has 0 saturated heterocycles. The Morgan fingerprint density at radius 2 is 1.59 bits per heavy atom. The smallest absolute Gasteiger partial charge is 0.282 e. The second-order valence-electron chi connectivity index (χ2n) is 5.85. The zero-order valence-electron chi connectivity index (χ0n) is 11.0. The summed E-state index contributed by atoms with van der Waals surface area (Å²) in [4.78, 5) is 0.0617. The van der Waals surface area contributed by atoms with Crippen molar-refractivity contribution in [1.29, 1.82) is 0 Å². The highest BCUT2D eigenvalue weighted by atomic mass is 32.2. The summed E-state index contributed by atoms with van der Waals surface area (Å²) in [6, 6.07) is 6.76. The Morgan fingerprint density at radius 3 is 2.00 bits per heavy atom. The Bertz CT molecular complexity index is 513. The SMILES string of the molecule is CC(C)(C)[Si](C)(C)c1ccccc1S(=O)(=O)O. The van der Waals surface area contributed by atoms with Crippen LogP contribution in [0.4, 0.5) is 0 Å². The first kappa shape index (κ1) is 14.4. The lowest BCUT2D eigenvalue weighted by Crippen LogP contribution is -2.51. The van der Waals surface area contributed by atoms with Gasteiger partial charge in [0.25, 0.3) is 10.1 Å². The molecule has 1 aromatic rings. The maximum absolute atomic E-state index is 11.4. The highest BCUT2D eigenvalue weighted by Crippen LogP contribution is 2.36. The lowest BCUT2D eigenvalue weighted by Gasteiger charge is -2.38. The molecular weight excluding hydrogens is 252 g/mol. The molecule has 0 heterocycles. The van der Waals surface area contributed by atoms with Gasteiger partial charge < -0.3 is 0 Å². The Kier molecular flexibility index (Phi) is 3.58. The lowest BCUT2D eigenvalue weighted by atomic mass is 10.2. The monoisotopic (exact) mass is 272 g/mol. The summed E-state index contributed by atoms with van der Waals surface area (Å²) in [7, 11) is -6.12. The van der Waals surface area contributed by atoms with E-state index in [2.05, 4.69) is 33.9 Å². The molecular formula is C12H20O3SSi. The number of rotatable bonds is 2. The van der Waals surface area contributed by atoms with Gasteiger partial charge >= 0.3 is 0 Å². The molecule has 1 N–H and O–H groups in total. The summed E-state index contributed by atoms with van der Waals surface area (Å²) in [6.07, 6.45) is 0. The normalized spacial score (nSPS) is 13.8. The lowest BCUT2D eigenvalue weighted by molar-refractivity contribution is 0.483. The quantitative estimate of drug-likeness (QED) is 0.665. The number of hydrogen-bond acceptors (Lipinski definition) is 2. The van der Waals surface area contributed by atoms with Crippen molar-refractivity contribution in [2.45, 2.75) is 43.8 Å². The predicted molar refractivity (Wildman–Crippen MR) is 73.1 cm³/mol. The molecule has 0 fully saturated rings. The van der Waals surface area contributed by atoms with E-state index in [1.165, 1.54) is 6.07 Å². The largest absolute Gasteiger partial charge is 0.294 e. The number of benzene rings is 1. The van der Waals surface area contributed by atoms with Gasteiger partial charge in [0.1, 0.15) is 0 Å². The zero-order valence-corrected chi connectivity index (χ0v) is 12.8. The van der Waals surface area contributed by atoms with Crippen molar-refractivity contribution in [3.63, 3.8) is 0 Å². The third-order valence-electron chi connectivity index (χ3n) is 3.71. The molecule has 0 aliphatic rings. The second-order valence-corrected chi connectivity index (χ2v) is 12.5. The molecule has 96 valence electrons. The van der Waals surface area contributed by atoms with Crippen molar-refractivity contribution in [3.8, 4) is 0 Å². The van der Waals surface area contributed by atoms with E-state index in [1.54, 1.807) is 6.07 Å². The van der Waals surface area contributed by atoms with Crippen LogP contribution in [-0.2, 0) is 10.1 Å². The van der Waals surface area contributed by atoms with Crippen LogP contribution in [0.2, 0.25) is 18.1 Å². The molecule has 0 amide bonds. The van der Waals surface area contributed by atoms with Crippen LogP contribution in [0.1, 0.15) is 20.8 Å². The summed E-state index contributed by atoms with van der Waals surface area (Å²) >= 11 is 0. The van der Waals surface area contributed by atoms with Gasteiger partial charge in [0.2, 0.25) is 0 Å². The van der Waals surface area contributed by atoms with Crippen LogP contribution in [0.3, 0.4) is 0 Å².